The summed E-state index contributed by atoms with van der Waals surface area (Å²) in [5.74, 6) is 0. The fourth-order valence-corrected chi connectivity index (χ4v) is 3.58. The Hall–Kier alpha value is 0.440. The summed E-state index contributed by atoms with van der Waals surface area (Å²) < 4.78 is 0. The van der Waals surface area contributed by atoms with Crippen LogP contribution in [-0.2, 0) is 0 Å². The fourth-order valence-electron chi connectivity index (χ4n) is 3.19. The Bertz CT molecular complexity index is 186. The highest BCUT2D eigenvalue weighted by Crippen LogP contribution is 2.23. The molecular formula is C16H32BrN. The number of hydrogen-bond acceptors (Lipinski definition) is 1. The van der Waals surface area contributed by atoms with E-state index < -0.39 is 0 Å². The van der Waals surface area contributed by atoms with Crippen LogP contribution in [-0.4, -0.2) is 28.9 Å². The number of likely N-dealkylation sites (tertiary alicyclic amines) is 1. The molecule has 0 aromatic carbocycles. The van der Waals surface area contributed by atoms with Gasteiger partial charge in [-0.1, -0.05) is 54.5 Å². The standard InChI is InChI=1S/C16H32BrN/c1-15-11-10-12-16(2)18(15)14-9-7-5-3-4-6-8-13-17/h15-16H,3-14H2,1-2H3. The molecule has 0 aromatic heterocycles. The van der Waals surface area contributed by atoms with Gasteiger partial charge in [0.2, 0.25) is 0 Å². The van der Waals surface area contributed by atoms with Crippen molar-refractivity contribution in [3.63, 3.8) is 0 Å². The van der Waals surface area contributed by atoms with Crippen molar-refractivity contribution in [1.82, 2.24) is 4.90 Å². The van der Waals surface area contributed by atoms with E-state index in [1.54, 1.807) is 0 Å². The number of halogens is 1. The van der Waals surface area contributed by atoms with Gasteiger partial charge in [-0.2, -0.15) is 0 Å². The van der Waals surface area contributed by atoms with E-state index in [0.29, 0.717) is 0 Å². The van der Waals surface area contributed by atoms with E-state index in [-0.39, 0.29) is 0 Å². The minimum Gasteiger partial charge on any atom is -0.298 e. The number of unbranched alkanes of at least 4 members (excludes halogenated alkanes) is 6. The molecule has 0 bridgehead atoms. The average molecular weight is 318 g/mol. The molecule has 0 radical (unpaired) electrons. The van der Waals surface area contributed by atoms with Gasteiger partial charge in [0, 0.05) is 17.4 Å². The molecule has 1 nitrogen and oxygen atoms in total. The van der Waals surface area contributed by atoms with Gasteiger partial charge in [-0.3, -0.25) is 4.90 Å². The second-order valence-corrected chi connectivity index (χ2v) is 6.82. The second kappa shape index (κ2) is 10.3. The van der Waals surface area contributed by atoms with E-state index in [1.165, 1.54) is 76.1 Å². The van der Waals surface area contributed by atoms with Crippen molar-refractivity contribution in [2.24, 2.45) is 0 Å². The van der Waals surface area contributed by atoms with Crippen LogP contribution in [0.3, 0.4) is 0 Å². The van der Waals surface area contributed by atoms with Crippen LogP contribution >= 0.6 is 15.9 Å². The minimum absolute atomic E-state index is 0.827. The average Bonchev–Trinajstić information content (AvgIpc) is 2.35. The van der Waals surface area contributed by atoms with Crippen LogP contribution in [0.4, 0.5) is 0 Å². The first-order chi connectivity index (χ1) is 8.75. The minimum atomic E-state index is 0.827. The van der Waals surface area contributed by atoms with Gasteiger partial charge in [0.15, 0.2) is 0 Å². The SMILES string of the molecule is CC1CCCC(C)N1CCCCCCCCCBr. The van der Waals surface area contributed by atoms with Gasteiger partial charge in [-0.05, 0) is 46.1 Å². The molecule has 0 aromatic rings. The van der Waals surface area contributed by atoms with Crippen molar-refractivity contribution < 1.29 is 0 Å². The predicted octanol–water partition coefficient (Wildman–Crippen LogP) is 5.37. The summed E-state index contributed by atoms with van der Waals surface area (Å²) in [6.45, 7) is 6.16. The summed E-state index contributed by atoms with van der Waals surface area (Å²) in [4.78, 5) is 2.74. The molecule has 0 amide bonds. The monoisotopic (exact) mass is 317 g/mol. The first-order valence-electron chi connectivity index (χ1n) is 8.07. The van der Waals surface area contributed by atoms with E-state index in [1.807, 2.05) is 0 Å². The first kappa shape index (κ1) is 16.5. The molecule has 2 heteroatoms. The molecule has 108 valence electrons. The highest BCUT2D eigenvalue weighted by molar-refractivity contribution is 9.09. The number of nitrogens with zero attached hydrogens (tertiary/aromatic N) is 1. The van der Waals surface area contributed by atoms with Crippen molar-refractivity contribution in [3.8, 4) is 0 Å². The molecule has 2 atom stereocenters. The van der Waals surface area contributed by atoms with Crippen molar-refractivity contribution in [3.05, 3.63) is 0 Å². The van der Waals surface area contributed by atoms with E-state index >= 15 is 0 Å². The second-order valence-electron chi connectivity index (χ2n) is 6.03. The maximum atomic E-state index is 3.49. The highest BCUT2D eigenvalue weighted by Gasteiger charge is 2.23. The summed E-state index contributed by atoms with van der Waals surface area (Å²) in [6.07, 6.45) is 14.2. The smallest absolute Gasteiger partial charge is 0.00697 e. The number of piperidine rings is 1. The maximum Gasteiger partial charge on any atom is 0.00697 e. The highest BCUT2D eigenvalue weighted by atomic mass is 79.9. The van der Waals surface area contributed by atoms with Gasteiger partial charge in [0.25, 0.3) is 0 Å². The summed E-state index contributed by atoms with van der Waals surface area (Å²) >= 11 is 3.49. The van der Waals surface area contributed by atoms with Crippen LogP contribution < -0.4 is 0 Å². The Morgan fingerprint density at radius 2 is 1.33 bits per heavy atom. The molecule has 18 heavy (non-hydrogen) atoms. The van der Waals surface area contributed by atoms with Gasteiger partial charge >= 0.3 is 0 Å². The molecule has 0 spiro atoms. The molecule has 0 N–H and O–H groups in total. The first-order valence-corrected chi connectivity index (χ1v) is 9.19. The molecule has 1 fully saturated rings. The largest absolute Gasteiger partial charge is 0.298 e. The summed E-state index contributed by atoms with van der Waals surface area (Å²) in [7, 11) is 0. The lowest BCUT2D eigenvalue weighted by Gasteiger charge is -2.39. The van der Waals surface area contributed by atoms with E-state index in [0.717, 1.165) is 12.1 Å². The molecule has 0 saturated carbocycles. The zero-order chi connectivity index (χ0) is 13.2. The molecule has 2 unspecified atom stereocenters. The summed E-state index contributed by atoms with van der Waals surface area (Å²) in [5, 5.41) is 1.18. The lowest BCUT2D eigenvalue weighted by Crippen LogP contribution is -2.44. The Morgan fingerprint density at radius 3 is 1.89 bits per heavy atom. The Balaban J connectivity index is 1.96. The lowest BCUT2D eigenvalue weighted by atomic mass is 9.97. The van der Waals surface area contributed by atoms with Gasteiger partial charge in [-0.15, -0.1) is 0 Å². The molecule has 1 rings (SSSR count). The normalized spacial score (nSPS) is 25.5. The van der Waals surface area contributed by atoms with Crippen molar-refractivity contribution >= 4 is 15.9 Å². The molecule has 1 saturated heterocycles. The van der Waals surface area contributed by atoms with Crippen molar-refractivity contribution in [1.29, 1.82) is 0 Å². The third kappa shape index (κ3) is 6.56. The number of alkyl halides is 1. The third-order valence-corrected chi connectivity index (χ3v) is 4.99. The zero-order valence-electron chi connectivity index (χ0n) is 12.5. The third-order valence-electron chi connectivity index (χ3n) is 4.43. The lowest BCUT2D eigenvalue weighted by molar-refractivity contribution is 0.101. The van der Waals surface area contributed by atoms with Crippen LogP contribution in [0.5, 0.6) is 0 Å². The van der Waals surface area contributed by atoms with E-state index in [2.05, 4.69) is 34.7 Å². The van der Waals surface area contributed by atoms with Crippen molar-refractivity contribution in [2.45, 2.75) is 90.1 Å². The Labute approximate surface area is 123 Å². The van der Waals surface area contributed by atoms with Crippen molar-refractivity contribution in [2.75, 3.05) is 11.9 Å². The van der Waals surface area contributed by atoms with Crippen LogP contribution in [0.1, 0.15) is 78.1 Å². The molecule has 1 aliphatic heterocycles. The predicted molar refractivity (Wildman–Crippen MR) is 85.6 cm³/mol. The molecular weight excluding hydrogens is 286 g/mol. The topological polar surface area (TPSA) is 3.24 Å². The van der Waals surface area contributed by atoms with Crippen LogP contribution in [0.2, 0.25) is 0 Å². The quantitative estimate of drug-likeness (QED) is 0.408. The number of rotatable bonds is 9. The van der Waals surface area contributed by atoms with E-state index in [4.69, 9.17) is 0 Å². The zero-order valence-corrected chi connectivity index (χ0v) is 14.1. The molecule has 1 aliphatic rings. The fraction of sp³-hybridized carbons (Fsp3) is 1.00. The Morgan fingerprint density at radius 1 is 0.833 bits per heavy atom. The maximum absolute atomic E-state index is 3.49. The van der Waals surface area contributed by atoms with Crippen LogP contribution in [0.15, 0.2) is 0 Å². The summed E-state index contributed by atoms with van der Waals surface area (Å²) in [5.41, 5.74) is 0. The summed E-state index contributed by atoms with van der Waals surface area (Å²) in [6, 6.07) is 1.65. The molecule has 0 aliphatic carbocycles. The van der Waals surface area contributed by atoms with Gasteiger partial charge in [0.05, 0.1) is 0 Å². The molecule has 1 heterocycles. The van der Waals surface area contributed by atoms with Gasteiger partial charge in [0.1, 0.15) is 0 Å². The Kier molecular flexibility index (Phi) is 9.40. The van der Waals surface area contributed by atoms with E-state index in [9.17, 15) is 0 Å². The van der Waals surface area contributed by atoms with Gasteiger partial charge < -0.3 is 0 Å². The van der Waals surface area contributed by atoms with Gasteiger partial charge in [-0.25, -0.2) is 0 Å². The van der Waals surface area contributed by atoms with Crippen LogP contribution in [0, 0.1) is 0 Å². The number of hydrogen-bond donors (Lipinski definition) is 0. The van der Waals surface area contributed by atoms with Crippen LogP contribution in [0.25, 0.3) is 0 Å².